The molecular formula is C50H68FN9O6S2. The lowest BCUT2D eigenvalue weighted by molar-refractivity contribution is -0.219. The van der Waals surface area contributed by atoms with Crippen molar-refractivity contribution in [3.63, 3.8) is 0 Å². The number of benzene rings is 1. The molecule has 0 spiro atoms. The quantitative estimate of drug-likeness (QED) is 0.0487. The fraction of sp³-hybridized carbons (Fsp3) is 0.600. The number of ketones is 1. The fourth-order valence-electron chi connectivity index (χ4n) is 11.6. The van der Waals surface area contributed by atoms with Crippen molar-refractivity contribution >= 4 is 76.0 Å². The van der Waals surface area contributed by atoms with Gasteiger partial charge in [-0.25, -0.2) is 14.4 Å². The van der Waals surface area contributed by atoms with Gasteiger partial charge in [-0.3, -0.25) is 14.4 Å². The van der Waals surface area contributed by atoms with Gasteiger partial charge in [0.25, 0.3) is 11.8 Å². The summed E-state index contributed by atoms with van der Waals surface area (Å²) >= 11 is 3.58. The van der Waals surface area contributed by atoms with Gasteiger partial charge in [0.15, 0.2) is 34.0 Å². The average Bonchev–Trinajstić information content (AvgIpc) is 3.51. The zero-order valence-electron chi connectivity index (χ0n) is 39.7. The van der Waals surface area contributed by atoms with Crippen molar-refractivity contribution in [2.75, 3.05) is 53.0 Å². The van der Waals surface area contributed by atoms with E-state index in [1.807, 2.05) is 37.9 Å². The van der Waals surface area contributed by atoms with Crippen LogP contribution in [0.4, 0.5) is 21.8 Å². The predicted octanol–water partition coefficient (Wildman–Crippen LogP) is 6.18. The van der Waals surface area contributed by atoms with E-state index in [0.717, 1.165) is 73.5 Å². The topological polar surface area (TPSA) is 240 Å². The Hall–Kier alpha value is -4.65. The monoisotopic (exact) mass is 973 g/mol. The van der Waals surface area contributed by atoms with Gasteiger partial charge < -0.3 is 42.0 Å². The number of hydrogen-bond donors (Lipinski definition) is 6. The molecule has 1 aromatic carbocycles. The van der Waals surface area contributed by atoms with Crippen LogP contribution in [0.15, 0.2) is 54.3 Å². The van der Waals surface area contributed by atoms with Crippen LogP contribution in [-0.2, 0) is 20.9 Å². The lowest BCUT2D eigenvalue weighted by Gasteiger charge is -2.62. The maximum Gasteiger partial charge on any atom is 0.252 e. The van der Waals surface area contributed by atoms with Crippen LogP contribution in [0.5, 0.6) is 0 Å². The minimum absolute atomic E-state index is 0.0309. The van der Waals surface area contributed by atoms with Gasteiger partial charge in [0.2, 0.25) is 5.95 Å². The van der Waals surface area contributed by atoms with Crippen molar-refractivity contribution in [1.82, 2.24) is 30.6 Å². The minimum atomic E-state index is -2.00. The minimum Gasteiger partial charge on any atom is -0.390 e. The molecule has 368 valence electrons. The van der Waals surface area contributed by atoms with Gasteiger partial charge in [-0.05, 0) is 117 Å². The van der Waals surface area contributed by atoms with Crippen molar-refractivity contribution in [2.45, 2.75) is 121 Å². The number of amides is 2. The SMILES string of the molecule is C[C@@H]1C[C@H]2C3CCC4=CC(=O)C=C[C@]4(C)[C@@]3(F)[C@@H](O)C[C@]2(C)[C@@]1(O)C(=O)NCCSCCCCCCCCSCC[C@@H](C=O)NC(=O)c1ccc(N(C)Cc2cnc3nc(N)nc(N)c3n2)cc1. The summed E-state index contributed by atoms with van der Waals surface area (Å²) in [5.41, 5.74) is 9.19. The van der Waals surface area contributed by atoms with Gasteiger partial charge >= 0.3 is 0 Å². The fourth-order valence-corrected chi connectivity index (χ4v) is 13.5. The van der Waals surface area contributed by atoms with E-state index in [9.17, 15) is 29.4 Å². The Bertz CT molecular complexity index is 2390. The number of aldehydes is 1. The van der Waals surface area contributed by atoms with E-state index < -0.39 is 52.0 Å². The second-order valence-corrected chi connectivity index (χ2v) is 22.1. The molecule has 0 radical (unpaired) electrons. The third-order valence-electron chi connectivity index (χ3n) is 15.5. The molecular weight excluding hydrogens is 906 g/mol. The van der Waals surface area contributed by atoms with Crippen molar-refractivity contribution in [2.24, 2.45) is 28.6 Å². The van der Waals surface area contributed by atoms with Gasteiger partial charge in [-0.2, -0.15) is 33.5 Å². The molecule has 0 saturated heterocycles. The first-order valence-electron chi connectivity index (χ1n) is 24.1. The van der Waals surface area contributed by atoms with E-state index in [2.05, 4.69) is 30.6 Å². The van der Waals surface area contributed by atoms with Crippen LogP contribution in [0.1, 0.15) is 107 Å². The number of anilines is 3. The van der Waals surface area contributed by atoms with Gasteiger partial charge in [0, 0.05) is 47.3 Å². The molecule has 3 saturated carbocycles. The van der Waals surface area contributed by atoms with Crippen molar-refractivity contribution < 1.29 is 33.8 Å². The average molecular weight is 974 g/mol. The Kier molecular flexibility index (Phi) is 16.2. The van der Waals surface area contributed by atoms with E-state index in [1.165, 1.54) is 12.2 Å². The van der Waals surface area contributed by atoms with Crippen LogP contribution in [0, 0.1) is 28.6 Å². The first-order chi connectivity index (χ1) is 32.5. The third-order valence-corrected chi connectivity index (χ3v) is 17.6. The highest BCUT2D eigenvalue weighted by atomic mass is 32.2. The smallest absolute Gasteiger partial charge is 0.252 e. The summed E-state index contributed by atoms with van der Waals surface area (Å²) in [6, 6.07) is 6.57. The number of unbranched alkanes of at least 4 members (excludes halogenated alkanes) is 5. The van der Waals surface area contributed by atoms with E-state index in [1.54, 1.807) is 54.9 Å². The molecule has 68 heavy (non-hydrogen) atoms. The normalized spacial score (nSPS) is 28.8. The Morgan fingerprint density at radius 1 is 1.00 bits per heavy atom. The maximum atomic E-state index is 17.5. The molecule has 8 N–H and O–H groups in total. The number of carbonyl (C=O) groups excluding carboxylic acids is 4. The summed E-state index contributed by atoms with van der Waals surface area (Å²) < 4.78 is 17.5. The van der Waals surface area contributed by atoms with Gasteiger partial charge in [-0.1, -0.05) is 51.2 Å². The first kappa shape index (κ1) is 51.2. The Morgan fingerprint density at radius 3 is 2.40 bits per heavy atom. The number of nitrogens with zero attached hydrogens (tertiary/aromatic N) is 5. The van der Waals surface area contributed by atoms with E-state index in [4.69, 9.17) is 11.5 Å². The Labute approximate surface area is 407 Å². The molecule has 15 nitrogen and oxygen atoms in total. The number of aliphatic hydroxyl groups is 2. The number of alkyl halides is 1. The Balaban J connectivity index is 0.720. The highest BCUT2D eigenvalue weighted by Crippen LogP contribution is 2.70. The van der Waals surface area contributed by atoms with E-state index in [-0.39, 0.29) is 35.8 Å². The molecule has 18 heteroatoms. The molecule has 9 atom stereocenters. The number of hydrogen-bond acceptors (Lipinski definition) is 15. The van der Waals surface area contributed by atoms with E-state index >= 15 is 4.39 Å². The van der Waals surface area contributed by atoms with Gasteiger partial charge in [0.1, 0.15) is 6.29 Å². The van der Waals surface area contributed by atoms with Crippen LogP contribution in [-0.4, -0.2) is 114 Å². The summed E-state index contributed by atoms with van der Waals surface area (Å²) in [6.45, 7) is 6.36. The third kappa shape index (κ3) is 10.2. The molecule has 1 unspecified atom stereocenters. The molecule has 7 rings (SSSR count). The molecule has 2 heterocycles. The second-order valence-electron chi connectivity index (χ2n) is 19.7. The molecule has 3 fully saturated rings. The standard InChI is InChI=1S/C50H68FN9O6S2/c1-31-25-39-38-16-13-33-26-37(62)17-19-47(33,2)49(38,51)40(63)27-48(39,3)50(31,66)45(65)54-20-24-68-22-10-8-6-5-7-9-21-67-23-18-34(30-61)57-44(64)32-11-14-36(15-12-32)60(4)29-35-28-55-43-41(56-35)42(52)58-46(53)59-43/h11-12,14-15,17,19,26,28,30-31,34,38-40,63,66H,5-10,13,16,18,20-25,27,29H2,1-4H3,(H,54,65)(H,57,64)(H4,52,53,55,58,59)/t31-,34+,38?,39+,40+,47+,48+,49+,50+/m1/s1. The van der Waals surface area contributed by atoms with Gasteiger partial charge in [0.05, 0.1) is 30.6 Å². The molecule has 0 bridgehead atoms. The van der Waals surface area contributed by atoms with Crippen LogP contribution >= 0.6 is 23.5 Å². The summed E-state index contributed by atoms with van der Waals surface area (Å²) in [5.74, 6) is 1.54. The van der Waals surface area contributed by atoms with Gasteiger partial charge in [-0.15, -0.1) is 0 Å². The summed E-state index contributed by atoms with van der Waals surface area (Å²) in [4.78, 5) is 69.5. The highest BCUT2D eigenvalue weighted by Gasteiger charge is 2.75. The molecule has 3 aromatic rings. The van der Waals surface area contributed by atoms with Crippen molar-refractivity contribution in [1.29, 1.82) is 0 Å². The number of carbonyl (C=O) groups is 4. The maximum absolute atomic E-state index is 17.5. The predicted molar refractivity (Wildman–Crippen MR) is 268 cm³/mol. The lowest BCUT2D eigenvalue weighted by atomic mass is 9.44. The summed E-state index contributed by atoms with van der Waals surface area (Å²) in [5, 5.41) is 29.7. The zero-order valence-corrected chi connectivity index (χ0v) is 41.3. The molecule has 2 amide bonds. The first-order valence-corrected chi connectivity index (χ1v) is 26.4. The lowest BCUT2D eigenvalue weighted by Crippen LogP contribution is -2.70. The van der Waals surface area contributed by atoms with E-state index in [0.29, 0.717) is 66.8 Å². The Morgan fingerprint density at radius 2 is 1.69 bits per heavy atom. The number of aromatic nitrogens is 4. The largest absolute Gasteiger partial charge is 0.390 e. The zero-order chi connectivity index (χ0) is 48.9. The number of nitrogen functional groups attached to an aromatic ring is 2. The summed E-state index contributed by atoms with van der Waals surface area (Å²) in [7, 11) is 1.90. The van der Waals surface area contributed by atoms with Crippen LogP contribution in [0.2, 0.25) is 0 Å². The molecule has 4 aliphatic rings. The number of thioether (sulfide) groups is 2. The highest BCUT2D eigenvalue weighted by molar-refractivity contribution is 7.99. The number of nitrogens with one attached hydrogen (secondary N) is 2. The summed E-state index contributed by atoms with van der Waals surface area (Å²) in [6.07, 6.45) is 14.4. The number of nitrogens with two attached hydrogens (primary N) is 2. The van der Waals surface area contributed by atoms with Crippen LogP contribution in [0.25, 0.3) is 11.2 Å². The second kappa shape index (κ2) is 21.6. The molecule has 2 aromatic heterocycles. The number of halogens is 1. The number of rotatable bonds is 22. The molecule has 4 aliphatic carbocycles. The van der Waals surface area contributed by atoms with Crippen molar-refractivity contribution in [3.8, 4) is 0 Å². The number of fused-ring (bicyclic) bond motifs is 6. The van der Waals surface area contributed by atoms with Crippen LogP contribution in [0.3, 0.4) is 0 Å². The van der Waals surface area contributed by atoms with Crippen molar-refractivity contribution in [3.05, 3.63) is 65.5 Å². The molecule has 0 aliphatic heterocycles. The van der Waals surface area contributed by atoms with Crippen LogP contribution < -0.4 is 27.0 Å². The number of allylic oxidation sites excluding steroid dienone is 4. The number of aliphatic hydroxyl groups excluding tert-OH is 1.